The summed E-state index contributed by atoms with van der Waals surface area (Å²) < 4.78 is 32.5. The predicted octanol–water partition coefficient (Wildman–Crippen LogP) is 1.16. The fourth-order valence-electron chi connectivity index (χ4n) is 2.61. The lowest BCUT2D eigenvalue weighted by Crippen LogP contribution is -2.47. The third-order valence-electron chi connectivity index (χ3n) is 4.00. The van der Waals surface area contributed by atoms with Gasteiger partial charge < -0.3 is 15.0 Å². The Morgan fingerprint density at radius 2 is 1.76 bits per heavy atom. The smallest absolute Gasteiger partial charge is 0.255 e. The molecule has 2 rings (SSSR count). The first-order valence-electron chi connectivity index (χ1n) is 8.24. The molecule has 1 amide bonds. The third-order valence-corrected chi connectivity index (χ3v) is 5.90. The van der Waals surface area contributed by atoms with E-state index in [4.69, 9.17) is 4.74 Å². The maximum atomic E-state index is 12.9. The van der Waals surface area contributed by atoms with E-state index in [0.717, 1.165) is 0 Å². The molecule has 0 saturated carbocycles. The average Bonchev–Trinajstić information content (AvgIpc) is 2.53. The van der Waals surface area contributed by atoms with Crippen LogP contribution < -0.4 is 10.1 Å². The molecule has 1 aromatic rings. The van der Waals surface area contributed by atoms with Crippen molar-refractivity contribution in [3.63, 3.8) is 0 Å². The first-order chi connectivity index (χ1) is 11.5. The van der Waals surface area contributed by atoms with Gasteiger partial charge in [0.05, 0.1) is 17.6 Å². The van der Waals surface area contributed by atoms with Gasteiger partial charge >= 0.3 is 0 Å². The van der Waals surface area contributed by atoms with E-state index in [9.17, 15) is 13.2 Å². The van der Waals surface area contributed by atoms with Crippen LogP contribution in [0.25, 0.3) is 0 Å². The van der Waals surface area contributed by atoms with Crippen molar-refractivity contribution < 1.29 is 17.9 Å². The van der Waals surface area contributed by atoms with E-state index in [1.54, 1.807) is 0 Å². The highest BCUT2D eigenvalue weighted by molar-refractivity contribution is 7.89. The standard InChI is InChI=1S/C17H27N3O4S/c1-17(2,3)18-16(21)14-12-13(6-7-15(14)24-5)25(22,23)20-10-8-19(4)9-11-20/h6-7,12H,8-11H2,1-5H3,(H,18,21). The summed E-state index contributed by atoms with van der Waals surface area (Å²) in [5.41, 5.74) is -0.221. The quantitative estimate of drug-likeness (QED) is 0.862. The molecular formula is C17H27N3O4S. The maximum Gasteiger partial charge on any atom is 0.255 e. The highest BCUT2D eigenvalue weighted by Crippen LogP contribution is 2.25. The van der Waals surface area contributed by atoms with Crippen molar-refractivity contribution in [2.45, 2.75) is 31.2 Å². The van der Waals surface area contributed by atoms with Gasteiger partial charge in [0.15, 0.2) is 0 Å². The SMILES string of the molecule is COc1ccc(S(=O)(=O)N2CCN(C)CC2)cc1C(=O)NC(C)(C)C. The van der Waals surface area contributed by atoms with Gasteiger partial charge in [-0.25, -0.2) is 8.42 Å². The molecule has 1 heterocycles. The highest BCUT2D eigenvalue weighted by atomic mass is 32.2. The van der Waals surface area contributed by atoms with Crippen molar-refractivity contribution in [3.8, 4) is 5.75 Å². The zero-order valence-corrected chi connectivity index (χ0v) is 16.3. The molecule has 0 radical (unpaired) electrons. The molecule has 1 fully saturated rings. The molecule has 140 valence electrons. The van der Waals surface area contributed by atoms with Gasteiger partial charge in [0.2, 0.25) is 10.0 Å². The molecule has 0 aromatic heterocycles. The monoisotopic (exact) mass is 369 g/mol. The van der Waals surface area contributed by atoms with Crippen LogP contribution in [-0.2, 0) is 10.0 Å². The number of methoxy groups -OCH3 is 1. The first kappa shape index (κ1) is 19.7. The van der Waals surface area contributed by atoms with Crippen molar-refractivity contribution >= 4 is 15.9 Å². The van der Waals surface area contributed by atoms with Gasteiger partial charge in [-0.15, -0.1) is 0 Å². The van der Waals surface area contributed by atoms with Gasteiger partial charge in [0, 0.05) is 31.7 Å². The fourth-order valence-corrected chi connectivity index (χ4v) is 4.06. The summed E-state index contributed by atoms with van der Waals surface area (Å²) in [4.78, 5) is 14.7. The lowest BCUT2D eigenvalue weighted by atomic mass is 10.1. The number of hydrogen-bond donors (Lipinski definition) is 1. The van der Waals surface area contributed by atoms with Crippen molar-refractivity contribution in [1.82, 2.24) is 14.5 Å². The van der Waals surface area contributed by atoms with Crippen LogP contribution in [0, 0.1) is 0 Å². The minimum absolute atomic E-state index is 0.108. The van der Waals surface area contributed by atoms with Crippen LogP contribution in [0.1, 0.15) is 31.1 Å². The number of rotatable bonds is 4. The Bertz CT molecular complexity index is 733. The number of benzene rings is 1. The Morgan fingerprint density at radius 1 is 1.16 bits per heavy atom. The van der Waals surface area contributed by atoms with Crippen LogP contribution in [0.3, 0.4) is 0 Å². The van der Waals surface area contributed by atoms with Gasteiger partial charge in [0.25, 0.3) is 5.91 Å². The number of piperazine rings is 1. The number of carbonyl (C=O) groups excluding carboxylic acids is 1. The van der Waals surface area contributed by atoms with Crippen molar-refractivity contribution in [2.24, 2.45) is 0 Å². The fraction of sp³-hybridized carbons (Fsp3) is 0.588. The van der Waals surface area contributed by atoms with E-state index in [0.29, 0.717) is 31.9 Å². The second-order valence-electron chi connectivity index (χ2n) is 7.27. The van der Waals surface area contributed by atoms with Crippen LogP contribution in [0.2, 0.25) is 0 Å². The number of nitrogens with zero attached hydrogens (tertiary/aromatic N) is 2. The molecule has 7 nitrogen and oxygen atoms in total. The lowest BCUT2D eigenvalue weighted by molar-refractivity contribution is 0.0916. The van der Waals surface area contributed by atoms with Crippen molar-refractivity contribution in [1.29, 1.82) is 0 Å². The number of likely N-dealkylation sites (N-methyl/N-ethyl adjacent to an activating group) is 1. The van der Waals surface area contributed by atoms with Gasteiger partial charge in [-0.2, -0.15) is 4.31 Å². The van der Waals surface area contributed by atoms with E-state index in [2.05, 4.69) is 10.2 Å². The molecule has 0 bridgehead atoms. The molecule has 0 atom stereocenters. The summed E-state index contributed by atoms with van der Waals surface area (Å²) in [5, 5.41) is 2.84. The second-order valence-corrected chi connectivity index (χ2v) is 9.21. The van der Waals surface area contributed by atoms with Crippen LogP contribution in [0.4, 0.5) is 0 Å². The van der Waals surface area contributed by atoms with E-state index in [1.807, 2.05) is 27.8 Å². The Kier molecular flexibility index (Phi) is 5.75. The van der Waals surface area contributed by atoms with Crippen molar-refractivity contribution in [3.05, 3.63) is 23.8 Å². The summed E-state index contributed by atoms with van der Waals surface area (Å²) in [7, 11) is -0.218. The second kappa shape index (κ2) is 7.31. The summed E-state index contributed by atoms with van der Waals surface area (Å²) in [6.07, 6.45) is 0. The third kappa shape index (κ3) is 4.71. The minimum Gasteiger partial charge on any atom is -0.496 e. The van der Waals surface area contributed by atoms with E-state index < -0.39 is 15.6 Å². The molecular weight excluding hydrogens is 342 g/mol. The molecule has 0 unspecified atom stereocenters. The summed E-state index contributed by atoms with van der Waals surface area (Å²) in [5.74, 6) is -0.0149. The molecule has 1 aliphatic heterocycles. The molecule has 1 aromatic carbocycles. The van der Waals surface area contributed by atoms with E-state index in [-0.39, 0.29) is 16.4 Å². The van der Waals surface area contributed by atoms with Gasteiger partial charge in [-0.05, 0) is 46.0 Å². The largest absolute Gasteiger partial charge is 0.496 e. The van der Waals surface area contributed by atoms with Crippen LogP contribution >= 0.6 is 0 Å². The summed E-state index contributed by atoms with van der Waals surface area (Å²) >= 11 is 0. The number of sulfonamides is 1. The number of nitrogens with one attached hydrogen (secondary N) is 1. The first-order valence-corrected chi connectivity index (χ1v) is 9.68. The molecule has 8 heteroatoms. The zero-order valence-electron chi connectivity index (χ0n) is 15.5. The molecule has 1 aliphatic rings. The predicted molar refractivity (Wildman–Crippen MR) is 96.5 cm³/mol. The lowest BCUT2D eigenvalue weighted by Gasteiger charge is -2.31. The van der Waals surface area contributed by atoms with Gasteiger partial charge in [-0.1, -0.05) is 0 Å². The van der Waals surface area contributed by atoms with Crippen LogP contribution in [0.5, 0.6) is 5.75 Å². The van der Waals surface area contributed by atoms with Gasteiger partial charge in [0.1, 0.15) is 5.75 Å². The Balaban J connectivity index is 2.36. The minimum atomic E-state index is -3.64. The number of hydrogen-bond acceptors (Lipinski definition) is 5. The summed E-state index contributed by atoms with van der Waals surface area (Å²) in [6, 6.07) is 4.41. The topological polar surface area (TPSA) is 79.0 Å². The maximum absolute atomic E-state index is 12.9. The van der Waals surface area contributed by atoms with Crippen LogP contribution in [0.15, 0.2) is 23.1 Å². The van der Waals surface area contributed by atoms with Crippen molar-refractivity contribution in [2.75, 3.05) is 40.3 Å². The van der Waals surface area contributed by atoms with E-state index in [1.165, 1.54) is 29.6 Å². The molecule has 25 heavy (non-hydrogen) atoms. The Labute approximate surface area is 150 Å². The number of carbonyl (C=O) groups is 1. The summed E-state index contributed by atoms with van der Waals surface area (Å²) in [6.45, 7) is 7.84. The van der Waals surface area contributed by atoms with Crippen LogP contribution in [-0.4, -0.2) is 69.4 Å². The normalized spacial score (nSPS) is 17.3. The molecule has 1 N–H and O–H groups in total. The van der Waals surface area contributed by atoms with E-state index >= 15 is 0 Å². The Hall–Kier alpha value is -1.64. The zero-order chi connectivity index (χ0) is 18.8. The highest BCUT2D eigenvalue weighted by Gasteiger charge is 2.29. The molecule has 1 saturated heterocycles. The number of amides is 1. The Morgan fingerprint density at radius 3 is 2.28 bits per heavy atom. The molecule has 0 spiro atoms. The number of ether oxygens (including phenoxy) is 1. The average molecular weight is 369 g/mol. The van der Waals surface area contributed by atoms with Gasteiger partial charge in [-0.3, -0.25) is 4.79 Å². The molecule has 0 aliphatic carbocycles.